The summed E-state index contributed by atoms with van der Waals surface area (Å²) >= 11 is 0. The molecule has 0 bridgehead atoms. The number of allylic oxidation sites excluding steroid dienone is 4. The summed E-state index contributed by atoms with van der Waals surface area (Å²) in [6.45, 7) is 0.910. The first-order valence-electron chi connectivity index (χ1n) is 5.84. The van der Waals surface area contributed by atoms with Gasteiger partial charge in [0, 0.05) is 6.20 Å². The Morgan fingerprint density at radius 2 is 1.82 bits per heavy atom. The number of benzene rings is 1. The topological polar surface area (TPSA) is 6.48 Å². The average Bonchev–Trinajstić information content (AvgIpc) is 2.78. The van der Waals surface area contributed by atoms with Gasteiger partial charge in [-0.1, -0.05) is 30.4 Å². The third-order valence-corrected chi connectivity index (χ3v) is 3.44. The molecule has 1 aromatic rings. The van der Waals surface area contributed by atoms with Crippen molar-refractivity contribution in [3.05, 3.63) is 71.7 Å². The third kappa shape index (κ3) is 1.15. The van der Waals surface area contributed by atoms with E-state index in [0.717, 1.165) is 6.67 Å². The zero-order valence-electron chi connectivity index (χ0n) is 9.38. The molecule has 17 heavy (non-hydrogen) atoms. The van der Waals surface area contributed by atoms with E-state index in [1.807, 2.05) is 0 Å². The highest BCUT2D eigenvalue weighted by Crippen LogP contribution is 2.38. The molecular formula is C15H12N2. The molecule has 0 aliphatic carbocycles. The number of hydrogen-bond donors (Lipinski definition) is 0. The second kappa shape index (κ2) is 3.14. The molecule has 0 atom stereocenters. The van der Waals surface area contributed by atoms with Crippen molar-refractivity contribution < 1.29 is 0 Å². The number of anilines is 1. The standard InChI is InChI=1S/C15H12N2/c1-2-6-13-12(5-1)8-9-15-14-7-3-4-10-16(14)11-17(13)15/h1-10H,11H2. The summed E-state index contributed by atoms with van der Waals surface area (Å²) in [5.41, 5.74) is 5.18. The van der Waals surface area contributed by atoms with Gasteiger partial charge in [0.25, 0.3) is 0 Å². The summed E-state index contributed by atoms with van der Waals surface area (Å²) in [6.07, 6.45) is 12.9. The summed E-state index contributed by atoms with van der Waals surface area (Å²) in [5, 5.41) is 0. The zero-order valence-corrected chi connectivity index (χ0v) is 9.38. The van der Waals surface area contributed by atoms with Crippen LogP contribution in [0.15, 0.2) is 66.2 Å². The lowest BCUT2D eigenvalue weighted by molar-refractivity contribution is 0.519. The van der Waals surface area contributed by atoms with Gasteiger partial charge < -0.3 is 9.80 Å². The molecule has 2 heteroatoms. The van der Waals surface area contributed by atoms with E-state index in [0.29, 0.717) is 0 Å². The normalized spacial score (nSPS) is 19.5. The Hall–Kier alpha value is -2.22. The summed E-state index contributed by atoms with van der Waals surface area (Å²) in [6, 6.07) is 8.54. The molecule has 0 radical (unpaired) electrons. The largest absolute Gasteiger partial charge is 0.328 e. The van der Waals surface area contributed by atoms with Crippen molar-refractivity contribution in [3.8, 4) is 0 Å². The molecule has 0 aromatic heterocycles. The van der Waals surface area contributed by atoms with Crippen molar-refractivity contribution >= 4 is 11.8 Å². The van der Waals surface area contributed by atoms with Gasteiger partial charge in [-0.25, -0.2) is 0 Å². The summed E-state index contributed by atoms with van der Waals surface area (Å²) in [4.78, 5) is 4.65. The van der Waals surface area contributed by atoms with Crippen molar-refractivity contribution in [1.82, 2.24) is 4.90 Å². The van der Waals surface area contributed by atoms with Crippen LogP contribution in [0.1, 0.15) is 5.56 Å². The molecule has 0 fully saturated rings. The van der Waals surface area contributed by atoms with Gasteiger partial charge in [0.1, 0.15) is 0 Å². The molecular weight excluding hydrogens is 208 g/mol. The van der Waals surface area contributed by atoms with E-state index in [1.54, 1.807) is 0 Å². The van der Waals surface area contributed by atoms with Crippen LogP contribution in [0.4, 0.5) is 5.69 Å². The van der Waals surface area contributed by atoms with Gasteiger partial charge in [0.15, 0.2) is 0 Å². The van der Waals surface area contributed by atoms with Crippen molar-refractivity contribution in [2.45, 2.75) is 0 Å². The fourth-order valence-corrected chi connectivity index (χ4v) is 2.62. The molecule has 0 saturated heterocycles. The average molecular weight is 220 g/mol. The van der Waals surface area contributed by atoms with E-state index in [1.165, 1.54) is 22.6 Å². The van der Waals surface area contributed by atoms with Crippen LogP contribution >= 0.6 is 0 Å². The van der Waals surface area contributed by atoms with Crippen LogP contribution in [0.25, 0.3) is 6.08 Å². The second-order valence-electron chi connectivity index (χ2n) is 4.40. The first-order chi connectivity index (χ1) is 8.43. The van der Waals surface area contributed by atoms with Gasteiger partial charge in [-0.15, -0.1) is 0 Å². The van der Waals surface area contributed by atoms with Gasteiger partial charge in [0.2, 0.25) is 0 Å². The van der Waals surface area contributed by atoms with Gasteiger partial charge >= 0.3 is 0 Å². The van der Waals surface area contributed by atoms with Crippen LogP contribution < -0.4 is 4.90 Å². The predicted octanol–water partition coefficient (Wildman–Crippen LogP) is 3.09. The minimum absolute atomic E-state index is 0.910. The zero-order chi connectivity index (χ0) is 11.2. The SMILES string of the molecule is C1=CC2=C3C=Cc4ccccc4N3CN2C=C1. The lowest BCUT2D eigenvalue weighted by Crippen LogP contribution is -2.25. The van der Waals surface area contributed by atoms with Crippen molar-refractivity contribution in [2.75, 3.05) is 11.6 Å². The molecule has 0 unspecified atom stereocenters. The molecule has 4 rings (SSSR count). The minimum atomic E-state index is 0.910. The van der Waals surface area contributed by atoms with Crippen LogP contribution in [0, 0.1) is 0 Å². The Bertz CT molecular complexity index is 605. The van der Waals surface area contributed by atoms with Crippen molar-refractivity contribution in [2.24, 2.45) is 0 Å². The van der Waals surface area contributed by atoms with Crippen LogP contribution in [0.5, 0.6) is 0 Å². The number of nitrogens with zero attached hydrogens (tertiary/aromatic N) is 2. The van der Waals surface area contributed by atoms with Gasteiger partial charge in [-0.05, 0) is 29.9 Å². The Kier molecular flexibility index (Phi) is 1.64. The Labute approximate surface area is 100 Å². The monoisotopic (exact) mass is 220 g/mol. The highest BCUT2D eigenvalue weighted by Gasteiger charge is 2.29. The van der Waals surface area contributed by atoms with E-state index >= 15 is 0 Å². The molecule has 0 amide bonds. The second-order valence-corrected chi connectivity index (χ2v) is 4.40. The Morgan fingerprint density at radius 1 is 0.882 bits per heavy atom. The number of rotatable bonds is 0. The highest BCUT2D eigenvalue weighted by atomic mass is 15.4. The van der Waals surface area contributed by atoms with E-state index in [4.69, 9.17) is 0 Å². The van der Waals surface area contributed by atoms with Crippen molar-refractivity contribution in [1.29, 1.82) is 0 Å². The molecule has 3 aliphatic rings. The molecule has 2 nitrogen and oxygen atoms in total. The lowest BCUT2D eigenvalue weighted by atomic mass is 10.1. The minimum Gasteiger partial charge on any atom is -0.328 e. The maximum absolute atomic E-state index is 2.37. The highest BCUT2D eigenvalue weighted by molar-refractivity contribution is 5.78. The van der Waals surface area contributed by atoms with Crippen LogP contribution in [-0.2, 0) is 0 Å². The summed E-state index contributed by atoms with van der Waals surface area (Å²) < 4.78 is 0. The van der Waals surface area contributed by atoms with Crippen molar-refractivity contribution in [3.63, 3.8) is 0 Å². The van der Waals surface area contributed by atoms with Crippen LogP contribution in [-0.4, -0.2) is 11.6 Å². The smallest absolute Gasteiger partial charge is 0.0995 e. The molecule has 1 aromatic carbocycles. The first-order valence-corrected chi connectivity index (χ1v) is 5.84. The maximum Gasteiger partial charge on any atom is 0.0995 e. The predicted molar refractivity (Wildman–Crippen MR) is 70.0 cm³/mol. The fraction of sp³-hybridized carbons (Fsp3) is 0.0667. The Morgan fingerprint density at radius 3 is 2.82 bits per heavy atom. The third-order valence-electron chi connectivity index (χ3n) is 3.44. The van der Waals surface area contributed by atoms with Crippen LogP contribution in [0.3, 0.4) is 0 Å². The number of fused-ring (bicyclic) bond motifs is 4. The number of hydrogen-bond acceptors (Lipinski definition) is 2. The number of para-hydroxylation sites is 1. The fourth-order valence-electron chi connectivity index (χ4n) is 2.62. The first kappa shape index (κ1) is 8.88. The van der Waals surface area contributed by atoms with Gasteiger partial charge in [0.05, 0.1) is 23.8 Å². The summed E-state index contributed by atoms with van der Waals surface area (Å²) in [7, 11) is 0. The quantitative estimate of drug-likeness (QED) is 0.663. The van der Waals surface area contributed by atoms with E-state index in [9.17, 15) is 0 Å². The van der Waals surface area contributed by atoms with E-state index < -0.39 is 0 Å². The lowest BCUT2D eigenvalue weighted by Gasteiger charge is -2.26. The van der Waals surface area contributed by atoms with Crippen LogP contribution in [0.2, 0.25) is 0 Å². The Balaban J connectivity index is 1.91. The molecule has 0 N–H and O–H groups in total. The van der Waals surface area contributed by atoms with Gasteiger partial charge in [-0.3, -0.25) is 0 Å². The van der Waals surface area contributed by atoms with E-state index in [2.05, 4.69) is 70.6 Å². The van der Waals surface area contributed by atoms with Gasteiger partial charge in [-0.2, -0.15) is 0 Å². The summed E-state index contributed by atoms with van der Waals surface area (Å²) in [5.74, 6) is 0. The molecule has 82 valence electrons. The molecule has 3 aliphatic heterocycles. The maximum atomic E-state index is 2.37. The molecule has 0 spiro atoms. The van der Waals surface area contributed by atoms with E-state index in [-0.39, 0.29) is 0 Å². The molecule has 0 saturated carbocycles. The molecule has 3 heterocycles.